The zero-order valence-corrected chi connectivity index (χ0v) is 11.6. The van der Waals surface area contributed by atoms with E-state index in [2.05, 4.69) is 4.90 Å². The molecule has 0 saturated carbocycles. The van der Waals surface area contributed by atoms with Crippen molar-refractivity contribution in [3.8, 4) is 0 Å². The molecule has 2 aliphatic heterocycles. The molecule has 2 aliphatic rings. The van der Waals surface area contributed by atoms with Gasteiger partial charge in [0.25, 0.3) is 0 Å². The number of aliphatic carboxylic acids is 1. The van der Waals surface area contributed by atoms with Gasteiger partial charge < -0.3 is 10.8 Å². The van der Waals surface area contributed by atoms with Crippen LogP contribution < -0.4 is 5.73 Å². The van der Waals surface area contributed by atoms with Gasteiger partial charge in [-0.25, -0.2) is 0 Å². The van der Waals surface area contributed by atoms with Crippen molar-refractivity contribution >= 4 is 5.97 Å². The largest absolute Gasteiger partial charge is 0.481 e. The quantitative estimate of drug-likeness (QED) is 0.878. The molecule has 2 fully saturated rings. The van der Waals surface area contributed by atoms with Gasteiger partial charge in [-0.15, -0.1) is 0 Å². The SMILES string of the molecule is NC1CC2CCC(C1)N2CC(C(=O)O)c1ccccc1. The molecule has 4 heteroatoms. The van der Waals surface area contributed by atoms with Crippen LogP contribution in [0.4, 0.5) is 0 Å². The molecule has 2 bridgehead atoms. The predicted molar refractivity (Wildman–Crippen MR) is 77.5 cm³/mol. The van der Waals surface area contributed by atoms with E-state index in [1.807, 2.05) is 30.3 Å². The van der Waals surface area contributed by atoms with E-state index in [0.29, 0.717) is 24.7 Å². The molecule has 2 saturated heterocycles. The Morgan fingerprint density at radius 1 is 1.25 bits per heavy atom. The summed E-state index contributed by atoms with van der Waals surface area (Å²) in [6, 6.07) is 10.8. The lowest BCUT2D eigenvalue weighted by molar-refractivity contribution is -0.139. The number of carboxylic acid groups (broad SMARTS) is 1. The Balaban J connectivity index is 1.77. The first-order valence-electron chi connectivity index (χ1n) is 7.44. The Kier molecular flexibility index (Phi) is 3.76. The lowest BCUT2D eigenvalue weighted by atomic mass is 9.93. The van der Waals surface area contributed by atoms with Gasteiger partial charge in [-0.2, -0.15) is 0 Å². The van der Waals surface area contributed by atoms with E-state index >= 15 is 0 Å². The van der Waals surface area contributed by atoms with Gasteiger partial charge in [0, 0.05) is 24.7 Å². The number of benzene rings is 1. The summed E-state index contributed by atoms with van der Waals surface area (Å²) < 4.78 is 0. The molecule has 3 N–H and O–H groups in total. The molecule has 0 aliphatic carbocycles. The van der Waals surface area contributed by atoms with Gasteiger partial charge in [0.15, 0.2) is 0 Å². The molecule has 1 aromatic carbocycles. The van der Waals surface area contributed by atoms with E-state index < -0.39 is 11.9 Å². The summed E-state index contributed by atoms with van der Waals surface area (Å²) in [5.41, 5.74) is 6.97. The summed E-state index contributed by atoms with van der Waals surface area (Å²) in [5.74, 6) is -1.17. The van der Waals surface area contributed by atoms with Crippen molar-refractivity contribution in [1.82, 2.24) is 4.90 Å². The van der Waals surface area contributed by atoms with Crippen LogP contribution in [0.15, 0.2) is 30.3 Å². The highest BCUT2D eigenvalue weighted by Gasteiger charge is 2.41. The number of hydrogen-bond acceptors (Lipinski definition) is 3. The third kappa shape index (κ3) is 2.58. The predicted octanol–water partition coefficient (Wildman–Crippen LogP) is 1.81. The zero-order chi connectivity index (χ0) is 14.1. The third-order valence-corrected chi connectivity index (χ3v) is 4.81. The number of rotatable bonds is 4. The molecule has 0 radical (unpaired) electrons. The van der Waals surface area contributed by atoms with E-state index in [1.165, 1.54) is 12.8 Å². The van der Waals surface area contributed by atoms with Gasteiger partial charge in [0.05, 0.1) is 5.92 Å². The fourth-order valence-electron chi connectivity index (χ4n) is 3.84. The Hall–Kier alpha value is -1.39. The Morgan fingerprint density at radius 2 is 1.85 bits per heavy atom. The molecule has 0 spiro atoms. The van der Waals surface area contributed by atoms with Gasteiger partial charge in [-0.3, -0.25) is 9.69 Å². The molecule has 3 atom stereocenters. The number of nitrogens with zero attached hydrogens (tertiary/aromatic N) is 1. The number of nitrogens with two attached hydrogens (primary N) is 1. The van der Waals surface area contributed by atoms with Crippen molar-refractivity contribution in [2.75, 3.05) is 6.54 Å². The molecule has 2 heterocycles. The number of carbonyl (C=O) groups is 1. The molecule has 108 valence electrons. The van der Waals surface area contributed by atoms with Gasteiger partial charge >= 0.3 is 5.97 Å². The average Bonchev–Trinajstić information content (AvgIpc) is 2.67. The van der Waals surface area contributed by atoms with Crippen molar-refractivity contribution in [3.63, 3.8) is 0 Å². The molecule has 3 rings (SSSR count). The summed E-state index contributed by atoms with van der Waals surface area (Å²) >= 11 is 0. The van der Waals surface area contributed by atoms with Crippen molar-refractivity contribution < 1.29 is 9.90 Å². The minimum absolute atomic E-state index is 0.295. The fraction of sp³-hybridized carbons (Fsp3) is 0.562. The highest BCUT2D eigenvalue weighted by atomic mass is 16.4. The number of carboxylic acids is 1. The van der Waals surface area contributed by atoms with Crippen LogP contribution in [0.1, 0.15) is 37.2 Å². The number of piperidine rings is 1. The number of hydrogen-bond donors (Lipinski definition) is 2. The minimum atomic E-state index is -0.731. The topological polar surface area (TPSA) is 66.6 Å². The Morgan fingerprint density at radius 3 is 2.40 bits per heavy atom. The van der Waals surface area contributed by atoms with Crippen LogP contribution in [0.2, 0.25) is 0 Å². The monoisotopic (exact) mass is 274 g/mol. The van der Waals surface area contributed by atoms with Gasteiger partial charge in [-0.05, 0) is 31.2 Å². The molecule has 0 amide bonds. The summed E-state index contributed by atoms with van der Waals surface area (Å²) in [5, 5.41) is 9.55. The smallest absolute Gasteiger partial charge is 0.312 e. The Labute approximate surface area is 119 Å². The van der Waals surface area contributed by atoms with E-state index in [1.54, 1.807) is 0 Å². The van der Waals surface area contributed by atoms with E-state index in [-0.39, 0.29) is 0 Å². The van der Waals surface area contributed by atoms with E-state index in [9.17, 15) is 9.90 Å². The molecular formula is C16H22N2O2. The second kappa shape index (κ2) is 5.54. The first kappa shape index (κ1) is 13.6. The summed E-state index contributed by atoms with van der Waals surface area (Å²) in [6.45, 7) is 0.612. The second-order valence-electron chi connectivity index (χ2n) is 6.11. The standard InChI is InChI=1S/C16H22N2O2/c17-12-8-13-6-7-14(9-12)18(13)10-15(16(19)20)11-4-2-1-3-5-11/h1-5,12-15H,6-10,17H2,(H,19,20). The molecule has 1 aromatic rings. The van der Waals surface area contributed by atoms with Crippen LogP contribution >= 0.6 is 0 Å². The van der Waals surface area contributed by atoms with Crippen LogP contribution in [0, 0.1) is 0 Å². The average molecular weight is 274 g/mol. The fourth-order valence-corrected chi connectivity index (χ4v) is 3.84. The van der Waals surface area contributed by atoms with Crippen molar-refractivity contribution in [3.05, 3.63) is 35.9 Å². The second-order valence-corrected chi connectivity index (χ2v) is 6.11. The van der Waals surface area contributed by atoms with Crippen LogP contribution in [-0.2, 0) is 4.79 Å². The van der Waals surface area contributed by atoms with Crippen LogP contribution in [0.3, 0.4) is 0 Å². The van der Waals surface area contributed by atoms with Gasteiger partial charge in [0.1, 0.15) is 0 Å². The molecule has 4 nitrogen and oxygen atoms in total. The molecule has 3 unspecified atom stereocenters. The maximum Gasteiger partial charge on any atom is 0.312 e. The lowest BCUT2D eigenvalue weighted by Crippen LogP contribution is -2.49. The number of fused-ring (bicyclic) bond motifs is 2. The third-order valence-electron chi connectivity index (χ3n) is 4.81. The van der Waals surface area contributed by atoms with Crippen molar-refractivity contribution in [2.45, 2.75) is 49.7 Å². The van der Waals surface area contributed by atoms with E-state index in [0.717, 1.165) is 18.4 Å². The normalized spacial score (nSPS) is 31.1. The van der Waals surface area contributed by atoms with E-state index in [4.69, 9.17) is 5.73 Å². The minimum Gasteiger partial charge on any atom is -0.481 e. The highest BCUT2D eigenvalue weighted by molar-refractivity contribution is 5.76. The first-order chi connectivity index (χ1) is 9.65. The van der Waals surface area contributed by atoms with Crippen LogP contribution in [0.25, 0.3) is 0 Å². The van der Waals surface area contributed by atoms with Crippen molar-refractivity contribution in [1.29, 1.82) is 0 Å². The maximum absolute atomic E-state index is 11.6. The first-order valence-corrected chi connectivity index (χ1v) is 7.44. The molecular weight excluding hydrogens is 252 g/mol. The summed E-state index contributed by atoms with van der Waals surface area (Å²) in [7, 11) is 0. The highest BCUT2D eigenvalue weighted by Crippen LogP contribution is 2.36. The zero-order valence-electron chi connectivity index (χ0n) is 11.6. The molecule has 20 heavy (non-hydrogen) atoms. The maximum atomic E-state index is 11.6. The van der Waals surface area contributed by atoms with Crippen LogP contribution in [0.5, 0.6) is 0 Å². The Bertz CT molecular complexity index is 463. The molecule has 0 aromatic heterocycles. The van der Waals surface area contributed by atoms with Crippen molar-refractivity contribution in [2.24, 2.45) is 5.73 Å². The summed E-state index contributed by atoms with van der Waals surface area (Å²) in [6.07, 6.45) is 4.36. The van der Waals surface area contributed by atoms with Crippen LogP contribution in [-0.4, -0.2) is 40.6 Å². The van der Waals surface area contributed by atoms with Gasteiger partial charge in [-0.1, -0.05) is 30.3 Å². The lowest BCUT2D eigenvalue weighted by Gasteiger charge is -2.39. The summed E-state index contributed by atoms with van der Waals surface area (Å²) in [4.78, 5) is 14.0. The van der Waals surface area contributed by atoms with Gasteiger partial charge in [0.2, 0.25) is 0 Å².